The van der Waals surface area contributed by atoms with E-state index in [2.05, 4.69) is 0 Å². The number of esters is 1. The quantitative estimate of drug-likeness (QED) is 0.519. The first-order chi connectivity index (χ1) is 5.86. The maximum Gasteiger partial charge on any atom is 0.306 e. The molecule has 2 nitrogen and oxygen atoms in total. The molecule has 1 aliphatic heterocycles. The Morgan fingerprint density at radius 1 is 1.08 bits per heavy atom. The van der Waals surface area contributed by atoms with E-state index in [1.54, 1.807) is 0 Å². The van der Waals surface area contributed by atoms with E-state index < -0.39 is 0 Å². The highest BCUT2D eigenvalue weighted by molar-refractivity contribution is 5.72. The van der Waals surface area contributed by atoms with Crippen LogP contribution in [0.15, 0.2) is 0 Å². The van der Waals surface area contributed by atoms with Gasteiger partial charge in [-0.3, -0.25) is 4.79 Å². The Bertz CT molecular complexity index is 159. The second kappa shape index (κ2) is 3.46. The van der Waals surface area contributed by atoms with E-state index in [-0.39, 0.29) is 12.1 Å². The Labute approximate surface area is 73.3 Å². The molecule has 1 saturated carbocycles. The van der Waals surface area contributed by atoms with Crippen LogP contribution < -0.4 is 0 Å². The van der Waals surface area contributed by atoms with Gasteiger partial charge in [0.25, 0.3) is 0 Å². The minimum atomic E-state index is 0.0342. The predicted molar refractivity (Wildman–Crippen MR) is 45.7 cm³/mol. The van der Waals surface area contributed by atoms with E-state index in [1.165, 1.54) is 32.1 Å². The number of carbonyl (C=O) groups excluding carboxylic acids is 1. The molecule has 2 aliphatic rings. The largest absolute Gasteiger partial charge is 0.462 e. The van der Waals surface area contributed by atoms with Crippen LogP contribution in [0.2, 0.25) is 0 Å². The van der Waals surface area contributed by atoms with Crippen molar-refractivity contribution in [1.82, 2.24) is 0 Å². The fourth-order valence-corrected chi connectivity index (χ4v) is 2.35. The first-order valence-corrected chi connectivity index (χ1v) is 5.06. The Morgan fingerprint density at radius 2 is 1.83 bits per heavy atom. The van der Waals surface area contributed by atoms with Gasteiger partial charge in [0, 0.05) is 5.92 Å². The van der Waals surface area contributed by atoms with Gasteiger partial charge < -0.3 is 4.74 Å². The Morgan fingerprint density at radius 3 is 2.67 bits per heavy atom. The molecule has 1 aliphatic carbocycles. The molecule has 1 heterocycles. The third kappa shape index (κ3) is 1.62. The summed E-state index contributed by atoms with van der Waals surface area (Å²) in [4.78, 5) is 11.0. The van der Waals surface area contributed by atoms with Gasteiger partial charge in [0.2, 0.25) is 0 Å². The molecule has 2 atom stereocenters. The van der Waals surface area contributed by atoms with Gasteiger partial charge in [-0.25, -0.2) is 0 Å². The van der Waals surface area contributed by atoms with Crippen LogP contribution in [0.25, 0.3) is 0 Å². The van der Waals surface area contributed by atoms with Gasteiger partial charge in [-0.1, -0.05) is 19.3 Å². The number of hydrogen-bond donors (Lipinski definition) is 0. The molecule has 1 saturated heterocycles. The van der Waals surface area contributed by atoms with Gasteiger partial charge in [0.15, 0.2) is 0 Å². The van der Waals surface area contributed by atoms with E-state index >= 15 is 0 Å². The molecule has 12 heavy (non-hydrogen) atoms. The summed E-state index contributed by atoms with van der Waals surface area (Å²) in [6.07, 6.45) is 8.47. The van der Waals surface area contributed by atoms with E-state index in [9.17, 15) is 4.79 Å². The van der Waals surface area contributed by atoms with Crippen LogP contribution in [0.3, 0.4) is 0 Å². The molecule has 2 unspecified atom stereocenters. The van der Waals surface area contributed by atoms with Gasteiger partial charge in [0.05, 0.1) is 6.42 Å². The zero-order valence-electron chi connectivity index (χ0n) is 7.42. The molecule has 0 amide bonds. The minimum Gasteiger partial charge on any atom is -0.462 e. The molecule has 0 N–H and O–H groups in total. The number of carbonyl (C=O) groups is 1. The molecule has 0 aromatic carbocycles. The molecule has 0 bridgehead atoms. The van der Waals surface area contributed by atoms with E-state index in [4.69, 9.17) is 4.74 Å². The van der Waals surface area contributed by atoms with Gasteiger partial charge >= 0.3 is 5.97 Å². The monoisotopic (exact) mass is 168 g/mol. The fraction of sp³-hybridized carbons (Fsp3) is 0.900. The molecule has 68 valence electrons. The van der Waals surface area contributed by atoms with Crippen LogP contribution in [0.4, 0.5) is 0 Å². The fourth-order valence-electron chi connectivity index (χ4n) is 2.35. The van der Waals surface area contributed by atoms with Crippen LogP contribution in [0.5, 0.6) is 0 Å². The number of hydrogen-bond acceptors (Lipinski definition) is 2. The van der Waals surface area contributed by atoms with Crippen LogP contribution in [-0.2, 0) is 9.53 Å². The first-order valence-electron chi connectivity index (χ1n) is 5.06. The second-order valence-corrected chi connectivity index (χ2v) is 3.98. The molecule has 0 radical (unpaired) electrons. The number of fused-ring (bicyclic) bond motifs is 1. The van der Waals surface area contributed by atoms with E-state index in [0.29, 0.717) is 12.3 Å². The van der Waals surface area contributed by atoms with Crippen LogP contribution >= 0.6 is 0 Å². The van der Waals surface area contributed by atoms with E-state index in [0.717, 1.165) is 6.42 Å². The second-order valence-electron chi connectivity index (χ2n) is 3.98. The topological polar surface area (TPSA) is 26.3 Å². The van der Waals surface area contributed by atoms with Crippen molar-refractivity contribution in [2.75, 3.05) is 0 Å². The normalized spacial score (nSPS) is 36.5. The first kappa shape index (κ1) is 8.09. The van der Waals surface area contributed by atoms with Crippen LogP contribution in [0.1, 0.15) is 44.9 Å². The number of ether oxygens (including phenoxy) is 1. The Hall–Kier alpha value is -0.530. The molecule has 0 aromatic rings. The lowest BCUT2D eigenvalue weighted by Crippen LogP contribution is -2.17. The van der Waals surface area contributed by atoms with Crippen molar-refractivity contribution in [3.8, 4) is 0 Å². The van der Waals surface area contributed by atoms with Crippen LogP contribution in [-0.4, -0.2) is 12.1 Å². The van der Waals surface area contributed by atoms with E-state index in [1.807, 2.05) is 0 Å². The van der Waals surface area contributed by atoms with Crippen LogP contribution in [0, 0.1) is 5.92 Å². The summed E-state index contributed by atoms with van der Waals surface area (Å²) in [5.41, 5.74) is 0. The molecular formula is C10H16O2. The highest BCUT2D eigenvalue weighted by Gasteiger charge is 2.34. The molecule has 2 fully saturated rings. The smallest absolute Gasteiger partial charge is 0.306 e. The highest BCUT2D eigenvalue weighted by Crippen LogP contribution is 2.32. The van der Waals surface area contributed by atoms with Gasteiger partial charge in [0.1, 0.15) is 6.10 Å². The zero-order chi connectivity index (χ0) is 8.39. The summed E-state index contributed by atoms with van der Waals surface area (Å²) in [5.74, 6) is 0.588. The highest BCUT2D eigenvalue weighted by atomic mass is 16.5. The summed E-state index contributed by atoms with van der Waals surface area (Å²) in [5, 5.41) is 0. The Balaban J connectivity index is 1.96. The molecule has 2 heteroatoms. The standard InChI is InChI=1S/C10H16O2/c11-10-7-8-5-3-1-2-4-6-9(8)12-10/h8-9H,1-7H2. The number of rotatable bonds is 0. The SMILES string of the molecule is O=C1CC2CCCCCCC2O1. The molecule has 0 spiro atoms. The lowest BCUT2D eigenvalue weighted by atomic mass is 9.88. The van der Waals surface area contributed by atoms with Crippen molar-refractivity contribution in [3.63, 3.8) is 0 Å². The summed E-state index contributed by atoms with van der Waals surface area (Å²) in [6, 6.07) is 0. The maximum absolute atomic E-state index is 11.0. The Kier molecular flexibility index (Phi) is 2.33. The van der Waals surface area contributed by atoms with Gasteiger partial charge in [-0.2, -0.15) is 0 Å². The predicted octanol–water partition coefficient (Wildman–Crippen LogP) is 2.27. The van der Waals surface area contributed by atoms with Gasteiger partial charge in [-0.15, -0.1) is 0 Å². The van der Waals surface area contributed by atoms with Crippen molar-refractivity contribution in [2.45, 2.75) is 51.0 Å². The average molecular weight is 168 g/mol. The van der Waals surface area contributed by atoms with Crippen molar-refractivity contribution in [1.29, 1.82) is 0 Å². The third-order valence-electron chi connectivity index (χ3n) is 3.05. The van der Waals surface area contributed by atoms with Crippen molar-refractivity contribution in [3.05, 3.63) is 0 Å². The summed E-state index contributed by atoms with van der Waals surface area (Å²) < 4.78 is 5.26. The summed E-state index contributed by atoms with van der Waals surface area (Å²) >= 11 is 0. The van der Waals surface area contributed by atoms with Crippen molar-refractivity contribution < 1.29 is 9.53 Å². The lowest BCUT2D eigenvalue weighted by molar-refractivity contribution is -0.141. The van der Waals surface area contributed by atoms with Crippen molar-refractivity contribution >= 4 is 5.97 Å². The maximum atomic E-state index is 11.0. The van der Waals surface area contributed by atoms with Crippen molar-refractivity contribution in [2.24, 2.45) is 5.92 Å². The zero-order valence-corrected chi connectivity index (χ0v) is 7.42. The molecular weight excluding hydrogens is 152 g/mol. The summed E-state index contributed by atoms with van der Waals surface area (Å²) in [7, 11) is 0. The lowest BCUT2D eigenvalue weighted by Gasteiger charge is -2.19. The molecule has 2 rings (SSSR count). The molecule has 0 aromatic heterocycles. The minimum absolute atomic E-state index is 0.0342. The third-order valence-corrected chi connectivity index (χ3v) is 3.05. The summed E-state index contributed by atoms with van der Waals surface area (Å²) in [6.45, 7) is 0. The average Bonchev–Trinajstić information content (AvgIpc) is 2.32. The van der Waals surface area contributed by atoms with Gasteiger partial charge in [-0.05, 0) is 19.3 Å².